The lowest BCUT2D eigenvalue weighted by atomic mass is 10.2. The molecule has 0 bridgehead atoms. The van der Waals surface area contributed by atoms with E-state index in [0.717, 1.165) is 5.69 Å². The zero-order valence-corrected chi connectivity index (χ0v) is 13.4. The van der Waals surface area contributed by atoms with Crippen molar-refractivity contribution in [3.63, 3.8) is 0 Å². The second kappa shape index (κ2) is 7.98. The van der Waals surface area contributed by atoms with E-state index in [1.54, 1.807) is 43.6 Å². The van der Waals surface area contributed by atoms with E-state index in [-0.39, 0.29) is 11.6 Å². The number of halogens is 2. The summed E-state index contributed by atoms with van der Waals surface area (Å²) in [6, 6.07) is 8.30. The molecule has 0 aliphatic rings. The number of hydrogen-bond donors (Lipinski definition) is 2. The molecule has 5 nitrogen and oxygen atoms in total. The number of nitrogens with zero attached hydrogens (tertiary/aromatic N) is 1. The lowest BCUT2D eigenvalue weighted by Crippen LogP contribution is -2.15. The minimum atomic E-state index is -0.348. The molecular weight excluding hydrogens is 325 g/mol. The van der Waals surface area contributed by atoms with Gasteiger partial charge in [-0.2, -0.15) is 0 Å². The van der Waals surface area contributed by atoms with E-state index in [1.807, 2.05) is 0 Å². The molecule has 0 spiro atoms. The fraction of sp³-hybridized carbons (Fsp3) is 0.200. The molecule has 0 atom stereocenters. The predicted molar refractivity (Wildman–Crippen MR) is 89.0 cm³/mol. The highest BCUT2D eigenvalue weighted by Crippen LogP contribution is 2.25. The fourth-order valence-corrected chi connectivity index (χ4v) is 2.20. The normalized spacial score (nSPS) is 10.3. The van der Waals surface area contributed by atoms with Crippen LogP contribution >= 0.6 is 23.2 Å². The van der Waals surface area contributed by atoms with Crippen LogP contribution in [0.2, 0.25) is 10.0 Å². The Morgan fingerprint density at radius 2 is 2.09 bits per heavy atom. The molecule has 0 fully saturated rings. The summed E-state index contributed by atoms with van der Waals surface area (Å²) in [7, 11) is 1.63. The van der Waals surface area contributed by atoms with Gasteiger partial charge in [-0.25, -0.2) is 0 Å². The molecule has 0 saturated carbocycles. The van der Waals surface area contributed by atoms with Crippen LogP contribution in [0.4, 0.5) is 11.4 Å². The molecule has 22 heavy (non-hydrogen) atoms. The van der Waals surface area contributed by atoms with E-state index in [2.05, 4.69) is 15.6 Å². The molecule has 7 heteroatoms. The zero-order valence-electron chi connectivity index (χ0n) is 11.9. The molecular formula is C15H15Cl2N3O2. The van der Waals surface area contributed by atoms with Gasteiger partial charge in [0.1, 0.15) is 5.69 Å². The summed E-state index contributed by atoms with van der Waals surface area (Å²) < 4.78 is 4.96. The molecule has 116 valence electrons. The summed E-state index contributed by atoms with van der Waals surface area (Å²) in [5.41, 5.74) is 1.56. The van der Waals surface area contributed by atoms with Gasteiger partial charge in [-0.05, 0) is 30.3 Å². The molecule has 2 aromatic rings. The van der Waals surface area contributed by atoms with Crippen molar-refractivity contribution in [2.24, 2.45) is 0 Å². The van der Waals surface area contributed by atoms with Crippen LogP contribution in [-0.2, 0) is 4.74 Å². The van der Waals surface area contributed by atoms with Crippen LogP contribution in [0.1, 0.15) is 10.5 Å². The van der Waals surface area contributed by atoms with Crippen molar-refractivity contribution in [1.82, 2.24) is 4.98 Å². The Labute approximate surface area is 138 Å². The first-order valence-electron chi connectivity index (χ1n) is 6.55. The average molecular weight is 340 g/mol. The van der Waals surface area contributed by atoms with Gasteiger partial charge < -0.3 is 15.4 Å². The number of hydrogen-bond acceptors (Lipinski definition) is 4. The van der Waals surface area contributed by atoms with E-state index in [0.29, 0.717) is 28.9 Å². The van der Waals surface area contributed by atoms with Gasteiger partial charge in [0.2, 0.25) is 0 Å². The van der Waals surface area contributed by atoms with E-state index < -0.39 is 0 Å². The van der Waals surface area contributed by atoms with E-state index in [4.69, 9.17) is 27.9 Å². The predicted octanol–water partition coefficient (Wildman–Crippen LogP) is 3.70. The molecule has 0 radical (unpaired) electrons. The van der Waals surface area contributed by atoms with Crippen molar-refractivity contribution in [2.45, 2.75) is 0 Å². The standard InChI is InChI=1S/C15H15Cl2N3O2/c1-22-7-6-18-11-4-5-19-14(9-11)15(21)20-13-3-2-10(16)8-12(13)17/h2-5,8-9H,6-7H2,1H3,(H,18,19)(H,20,21). The van der Waals surface area contributed by atoms with Crippen LogP contribution in [-0.4, -0.2) is 31.2 Å². The molecule has 0 saturated heterocycles. The summed E-state index contributed by atoms with van der Waals surface area (Å²) in [4.78, 5) is 16.3. The van der Waals surface area contributed by atoms with E-state index in [9.17, 15) is 4.79 Å². The number of nitrogens with one attached hydrogen (secondary N) is 2. The van der Waals surface area contributed by atoms with Crippen molar-refractivity contribution in [3.8, 4) is 0 Å². The molecule has 1 aromatic carbocycles. The molecule has 1 amide bonds. The summed E-state index contributed by atoms with van der Waals surface area (Å²) in [5.74, 6) is -0.348. The molecule has 1 heterocycles. The smallest absolute Gasteiger partial charge is 0.274 e. The number of rotatable bonds is 6. The van der Waals surface area contributed by atoms with Gasteiger partial charge in [0.25, 0.3) is 5.91 Å². The van der Waals surface area contributed by atoms with Gasteiger partial charge in [-0.15, -0.1) is 0 Å². The topological polar surface area (TPSA) is 63.2 Å². The van der Waals surface area contributed by atoms with Crippen LogP contribution in [0, 0.1) is 0 Å². The molecule has 0 unspecified atom stereocenters. The first kappa shape index (κ1) is 16.5. The summed E-state index contributed by atoms with van der Waals surface area (Å²) in [5, 5.41) is 6.71. The highest BCUT2D eigenvalue weighted by atomic mass is 35.5. The van der Waals surface area contributed by atoms with Gasteiger partial charge in [0.15, 0.2) is 0 Å². The lowest BCUT2D eigenvalue weighted by Gasteiger charge is -2.09. The van der Waals surface area contributed by atoms with Crippen LogP contribution < -0.4 is 10.6 Å². The number of aromatic nitrogens is 1. The Kier molecular flexibility index (Phi) is 6.00. The highest BCUT2D eigenvalue weighted by Gasteiger charge is 2.10. The van der Waals surface area contributed by atoms with Crippen LogP contribution in [0.25, 0.3) is 0 Å². The maximum Gasteiger partial charge on any atom is 0.274 e. The monoisotopic (exact) mass is 339 g/mol. The first-order valence-corrected chi connectivity index (χ1v) is 7.31. The lowest BCUT2D eigenvalue weighted by molar-refractivity contribution is 0.102. The molecule has 1 aromatic heterocycles. The number of methoxy groups -OCH3 is 1. The van der Waals surface area contributed by atoms with Gasteiger partial charge in [0.05, 0.1) is 17.3 Å². The van der Waals surface area contributed by atoms with Crippen molar-refractivity contribution in [3.05, 3.63) is 52.3 Å². The Bertz CT molecular complexity index is 665. The minimum absolute atomic E-state index is 0.286. The second-order valence-electron chi connectivity index (χ2n) is 4.43. The number of amides is 1. The summed E-state index contributed by atoms with van der Waals surface area (Å²) >= 11 is 11.9. The van der Waals surface area contributed by atoms with Crippen molar-refractivity contribution in [2.75, 3.05) is 30.9 Å². The van der Waals surface area contributed by atoms with Crippen molar-refractivity contribution >= 4 is 40.5 Å². The highest BCUT2D eigenvalue weighted by molar-refractivity contribution is 6.36. The number of carbonyl (C=O) groups is 1. The Morgan fingerprint density at radius 3 is 2.82 bits per heavy atom. The minimum Gasteiger partial charge on any atom is -0.383 e. The number of anilines is 2. The van der Waals surface area contributed by atoms with Crippen LogP contribution in [0.5, 0.6) is 0 Å². The van der Waals surface area contributed by atoms with Crippen molar-refractivity contribution < 1.29 is 9.53 Å². The third kappa shape index (κ3) is 4.59. The second-order valence-corrected chi connectivity index (χ2v) is 5.27. The SMILES string of the molecule is COCCNc1ccnc(C(=O)Nc2ccc(Cl)cc2Cl)c1. The fourth-order valence-electron chi connectivity index (χ4n) is 1.74. The number of benzene rings is 1. The zero-order chi connectivity index (χ0) is 15.9. The summed E-state index contributed by atoms with van der Waals surface area (Å²) in [6.07, 6.45) is 1.56. The number of ether oxygens (including phenoxy) is 1. The third-order valence-corrected chi connectivity index (χ3v) is 3.36. The molecule has 2 rings (SSSR count). The Hall–Kier alpha value is -1.82. The molecule has 0 aliphatic heterocycles. The summed E-state index contributed by atoms with van der Waals surface area (Å²) in [6.45, 7) is 1.22. The van der Waals surface area contributed by atoms with Gasteiger partial charge in [-0.3, -0.25) is 9.78 Å². The molecule has 2 N–H and O–H groups in total. The Morgan fingerprint density at radius 1 is 1.27 bits per heavy atom. The molecule has 0 aliphatic carbocycles. The third-order valence-electron chi connectivity index (χ3n) is 2.81. The number of carbonyl (C=O) groups excluding carboxylic acids is 1. The quantitative estimate of drug-likeness (QED) is 0.787. The maximum atomic E-state index is 12.2. The van der Waals surface area contributed by atoms with Crippen LogP contribution in [0.3, 0.4) is 0 Å². The van der Waals surface area contributed by atoms with Gasteiger partial charge in [0, 0.05) is 30.6 Å². The Balaban J connectivity index is 2.07. The maximum absolute atomic E-state index is 12.2. The number of pyridine rings is 1. The van der Waals surface area contributed by atoms with Crippen molar-refractivity contribution in [1.29, 1.82) is 0 Å². The first-order chi connectivity index (χ1) is 10.6. The van der Waals surface area contributed by atoms with E-state index >= 15 is 0 Å². The van der Waals surface area contributed by atoms with Gasteiger partial charge in [-0.1, -0.05) is 23.2 Å². The van der Waals surface area contributed by atoms with Gasteiger partial charge >= 0.3 is 0 Å². The van der Waals surface area contributed by atoms with E-state index in [1.165, 1.54) is 0 Å². The largest absolute Gasteiger partial charge is 0.383 e. The van der Waals surface area contributed by atoms with Crippen LogP contribution in [0.15, 0.2) is 36.5 Å². The average Bonchev–Trinajstić information content (AvgIpc) is 2.50.